The van der Waals surface area contributed by atoms with E-state index in [2.05, 4.69) is 41.5 Å². The Hall–Kier alpha value is 0.440. The molecule has 148 valence electrons. The minimum absolute atomic E-state index is 0.194. The van der Waals surface area contributed by atoms with Gasteiger partial charge in [0.15, 0.2) is 0 Å². The van der Waals surface area contributed by atoms with E-state index in [4.69, 9.17) is 13.6 Å². The van der Waals surface area contributed by atoms with E-state index in [1.807, 2.05) is 0 Å². The first-order valence-electron chi connectivity index (χ1n) is 7.72. The summed E-state index contributed by atoms with van der Waals surface area (Å²) in [5.74, 6) is 0. The molecular formula is C14H27BrF5O3P. The number of hydrogen-bond acceptors (Lipinski definition) is 3. The van der Waals surface area contributed by atoms with Crippen molar-refractivity contribution in [3.8, 4) is 0 Å². The topological polar surface area (TPSA) is 27.7 Å². The highest BCUT2D eigenvalue weighted by Crippen LogP contribution is 2.44. The molecule has 0 saturated heterocycles. The van der Waals surface area contributed by atoms with Gasteiger partial charge in [-0.1, -0.05) is 20.8 Å². The average Bonchev–Trinajstić information content (AvgIpc) is 2.45. The molecule has 0 amide bonds. The van der Waals surface area contributed by atoms with Crippen molar-refractivity contribution in [3.63, 3.8) is 0 Å². The SMILES string of the molecule is CCC(C)OP(OC(C)CC)OC(C)CC.FC(F)(F)C(F)(F)Br. The molecule has 0 fully saturated rings. The third-order valence-electron chi connectivity index (χ3n) is 2.84. The first kappa shape index (κ1) is 26.7. The van der Waals surface area contributed by atoms with Gasteiger partial charge in [0, 0.05) is 15.9 Å². The monoisotopic (exact) mass is 448 g/mol. The summed E-state index contributed by atoms with van der Waals surface area (Å²) in [6.45, 7) is 12.5. The van der Waals surface area contributed by atoms with E-state index >= 15 is 0 Å². The van der Waals surface area contributed by atoms with Gasteiger partial charge in [-0.2, -0.15) is 22.0 Å². The van der Waals surface area contributed by atoms with Crippen LogP contribution in [0.15, 0.2) is 0 Å². The Bertz CT molecular complexity index is 275. The average molecular weight is 449 g/mol. The second-order valence-electron chi connectivity index (χ2n) is 5.19. The van der Waals surface area contributed by atoms with Gasteiger partial charge in [-0.3, -0.25) is 0 Å². The van der Waals surface area contributed by atoms with Crippen LogP contribution in [-0.2, 0) is 13.6 Å². The van der Waals surface area contributed by atoms with Crippen molar-refractivity contribution in [2.45, 2.75) is 90.1 Å². The highest BCUT2D eigenvalue weighted by atomic mass is 79.9. The molecule has 3 nitrogen and oxygen atoms in total. The molecule has 0 radical (unpaired) electrons. The summed E-state index contributed by atoms with van der Waals surface area (Å²) >= 11 is 1.14. The summed E-state index contributed by atoms with van der Waals surface area (Å²) in [6, 6.07) is 0. The van der Waals surface area contributed by atoms with Crippen LogP contribution in [-0.4, -0.2) is 29.3 Å². The standard InChI is InChI=1S/C12H27O3P.C2BrF5/c1-7-10(4)13-16(14-11(5)8-2)15-12(6)9-3;3-1(4,5)2(6,7)8/h10-12H,7-9H2,1-6H3;. The van der Waals surface area contributed by atoms with Crippen LogP contribution in [0.4, 0.5) is 22.0 Å². The minimum Gasteiger partial charge on any atom is -0.309 e. The van der Waals surface area contributed by atoms with Crippen LogP contribution in [0.5, 0.6) is 0 Å². The van der Waals surface area contributed by atoms with Gasteiger partial charge in [0.05, 0.1) is 18.3 Å². The zero-order valence-corrected chi connectivity index (χ0v) is 17.3. The van der Waals surface area contributed by atoms with E-state index in [1.54, 1.807) is 0 Å². The van der Waals surface area contributed by atoms with Gasteiger partial charge in [0.1, 0.15) is 0 Å². The zero-order chi connectivity index (χ0) is 19.6. The zero-order valence-electron chi connectivity index (χ0n) is 14.8. The van der Waals surface area contributed by atoms with Gasteiger partial charge >= 0.3 is 19.6 Å². The molecule has 0 aliphatic carbocycles. The first-order chi connectivity index (χ1) is 10.8. The first-order valence-corrected chi connectivity index (χ1v) is 9.61. The maximum Gasteiger partial charge on any atom is 0.464 e. The second-order valence-corrected chi connectivity index (χ2v) is 7.27. The quantitative estimate of drug-likeness (QED) is 0.212. The molecule has 0 saturated carbocycles. The van der Waals surface area contributed by atoms with Gasteiger partial charge in [-0.05, 0) is 40.0 Å². The van der Waals surface area contributed by atoms with E-state index in [0.29, 0.717) is 0 Å². The van der Waals surface area contributed by atoms with Crippen molar-refractivity contribution in [2.24, 2.45) is 0 Å². The lowest BCUT2D eigenvalue weighted by Gasteiger charge is -2.25. The van der Waals surface area contributed by atoms with Crippen molar-refractivity contribution in [2.75, 3.05) is 0 Å². The summed E-state index contributed by atoms with van der Waals surface area (Å²) in [5.41, 5.74) is 0. The molecule has 0 aromatic heterocycles. The van der Waals surface area contributed by atoms with Gasteiger partial charge < -0.3 is 13.6 Å². The summed E-state index contributed by atoms with van der Waals surface area (Å²) in [7, 11) is -1.20. The maximum atomic E-state index is 11.0. The van der Waals surface area contributed by atoms with Crippen molar-refractivity contribution >= 4 is 24.5 Å². The highest BCUT2D eigenvalue weighted by Gasteiger charge is 2.55. The lowest BCUT2D eigenvalue weighted by atomic mass is 10.3. The van der Waals surface area contributed by atoms with Gasteiger partial charge in [-0.15, -0.1) is 0 Å². The van der Waals surface area contributed by atoms with E-state index in [9.17, 15) is 22.0 Å². The molecule has 3 unspecified atom stereocenters. The van der Waals surface area contributed by atoms with Crippen LogP contribution >= 0.6 is 24.5 Å². The number of alkyl halides is 6. The molecule has 0 aromatic carbocycles. The molecule has 0 rings (SSSR count). The fourth-order valence-electron chi connectivity index (χ4n) is 0.739. The molecule has 0 aliphatic heterocycles. The lowest BCUT2D eigenvalue weighted by Crippen LogP contribution is -2.29. The van der Waals surface area contributed by atoms with Gasteiger partial charge in [0.2, 0.25) is 0 Å². The third kappa shape index (κ3) is 13.7. The Labute approximate surface area is 150 Å². The highest BCUT2D eigenvalue weighted by molar-refractivity contribution is 9.10. The van der Waals surface area contributed by atoms with E-state index in [0.717, 1.165) is 35.2 Å². The predicted molar refractivity (Wildman–Crippen MR) is 89.4 cm³/mol. The molecule has 10 heteroatoms. The Kier molecular flexibility index (Phi) is 14.2. The molecule has 0 N–H and O–H groups in total. The van der Waals surface area contributed by atoms with Crippen LogP contribution in [0.3, 0.4) is 0 Å². The lowest BCUT2D eigenvalue weighted by molar-refractivity contribution is -0.234. The summed E-state index contributed by atoms with van der Waals surface area (Å²) in [6.07, 6.45) is -1.96. The molecule has 0 aliphatic rings. The smallest absolute Gasteiger partial charge is 0.309 e. The van der Waals surface area contributed by atoms with Crippen LogP contribution in [0.25, 0.3) is 0 Å². The van der Waals surface area contributed by atoms with Crippen LogP contribution in [0.2, 0.25) is 0 Å². The number of hydrogen-bond donors (Lipinski definition) is 0. The van der Waals surface area contributed by atoms with E-state index in [1.165, 1.54) is 0 Å². The van der Waals surface area contributed by atoms with Crippen molar-refractivity contribution < 1.29 is 35.5 Å². The van der Waals surface area contributed by atoms with E-state index in [-0.39, 0.29) is 18.3 Å². The van der Waals surface area contributed by atoms with Crippen LogP contribution in [0.1, 0.15) is 60.8 Å². The molecule has 3 atom stereocenters. The normalized spacial score (nSPS) is 17.5. The van der Waals surface area contributed by atoms with E-state index < -0.39 is 19.6 Å². The fraction of sp³-hybridized carbons (Fsp3) is 1.00. The third-order valence-corrected chi connectivity index (χ3v) is 4.89. The van der Waals surface area contributed by atoms with Crippen molar-refractivity contribution in [1.82, 2.24) is 0 Å². The number of halogens is 6. The summed E-state index contributed by atoms with van der Waals surface area (Å²) < 4.78 is 71.6. The fourth-order valence-corrected chi connectivity index (χ4v) is 2.22. The summed E-state index contributed by atoms with van der Waals surface area (Å²) in [4.78, 5) is -4.75. The summed E-state index contributed by atoms with van der Waals surface area (Å²) in [5, 5.41) is 0. The molecule has 0 heterocycles. The molecular weight excluding hydrogens is 422 g/mol. The van der Waals surface area contributed by atoms with Crippen molar-refractivity contribution in [1.29, 1.82) is 0 Å². The minimum atomic E-state index is -5.48. The predicted octanol–water partition coefficient (Wildman–Crippen LogP) is 7.20. The molecule has 0 aromatic rings. The molecule has 0 bridgehead atoms. The molecule has 24 heavy (non-hydrogen) atoms. The van der Waals surface area contributed by atoms with Crippen LogP contribution in [0, 0.1) is 0 Å². The Balaban J connectivity index is 0. The Morgan fingerprint density at radius 2 is 0.958 bits per heavy atom. The van der Waals surface area contributed by atoms with Gasteiger partial charge in [-0.25, -0.2) is 0 Å². The largest absolute Gasteiger partial charge is 0.464 e. The van der Waals surface area contributed by atoms with Gasteiger partial charge in [0.25, 0.3) is 0 Å². The van der Waals surface area contributed by atoms with Crippen molar-refractivity contribution in [3.05, 3.63) is 0 Å². The molecule has 0 spiro atoms. The Morgan fingerprint density at radius 3 is 1.08 bits per heavy atom. The Morgan fingerprint density at radius 1 is 0.750 bits per heavy atom. The number of rotatable bonds is 9. The van der Waals surface area contributed by atoms with Crippen LogP contribution < -0.4 is 0 Å². The second kappa shape index (κ2) is 12.7. The maximum absolute atomic E-state index is 11.0.